The van der Waals surface area contributed by atoms with Crippen LogP contribution in [0.25, 0.3) is 0 Å². The van der Waals surface area contributed by atoms with Crippen LogP contribution in [0.3, 0.4) is 0 Å². The minimum Gasteiger partial charge on any atom is -0.396 e. The Labute approximate surface area is 239 Å². The van der Waals surface area contributed by atoms with Gasteiger partial charge in [0, 0.05) is 13.2 Å². The summed E-state index contributed by atoms with van der Waals surface area (Å²) in [4.78, 5) is 0. The smallest absolute Gasteiger partial charge is 0.0431 e. The molecule has 0 bridgehead atoms. The number of rotatable bonds is 24. The molecule has 2 saturated carbocycles. The molecule has 6 unspecified atom stereocenters. The van der Waals surface area contributed by atoms with Gasteiger partial charge in [-0.3, -0.25) is 0 Å². The Morgan fingerprint density at radius 3 is 1.50 bits per heavy atom. The molecular formula is C36H70O2. The quantitative estimate of drug-likeness (QED) is 0.121. The zero-order valence-electron chi connectivity index (χ0n) is 26.2. The number of fused-ring (bicyclic) bond motifs is 1. The minimum absolute atomic E-state index is 0.368. The molecule has 0 aliphatic heterocycles. The van der Waals surface area contributed by atoms with Crippen LogP contribution in [0.15, 0.2) is 0 Å². The van der Waals surface area contributed by atoms with Gasteiger partial charge in [0.2, 0.25) is 0 Å². The van der Waals surface area contributed by atoms with Crippen molar-refractivity contribution in [3.05, 3.63) is 0 Å². The predicted molar refractivity (Wildman–Crippen MR) is 167 cm³/mol. The van der Waals surface area contributed by atoms with Crippen LogP contribution >= 0.6 is 0 Å². The Hall–Kier alpha value is -0.0800. The van der Waals surface area contributed by atoms with Crippen molar-refractivity contribution in [3.8, 4) is 0 Å². The fourth-order valence-corrected chi connectivity index (χ4v) is 8.58. The van der Waals surface area contributed by atoms with E-state index in [2.05, 4.69) is 13.8 Å². The second-order valence-corrected chi connectivity index (χ2v) is 13.7. The Morgan fingerprint density at radius 2 is 0.921 bits per heavy atom. The summed E-state index contributed by atoms with van der Waals surface area (Å²) < 4.78 is 0. The molecule has 2 aliphatic carbocycles. The minimum atomic E-state index is 0.368. The van der Waals surface area contributed by atoms with Crippen molar-refractivity contribution in [2.24, 2.45) is 35.5 Å². The van der Waals surface area contributed by atoms with Crippen LogP contribution < -0.4 is 0 Å². The summed E-state index contributed by atoms with van der Waals surface area (Å²) in [5.41, 5.74) is 0. The summed E-state index contributed by atoms with van der Waals surface area (Å²) in [5.74, 6) is 6.12. The Balaban J connectivity index is 1.95. The summed E-state index contributed by atoms with van der Waals surface area (Å²) in [7, 11) is 0. The highest BCUT2D eigenvalue weighted by Crippen LogP contribution is 2.54. The molecule has 2 rings (SSSR count). The van der Waals surface area contributed by atoms with Crippen LogP contribution in [-0.4, -0.2) is 23.4 Å². The van der Waals surface area contributed by atoms with Gasteiger partial charge in [-0.15, -0.1) is 0 Å². The zero-order valence-corrected chi connectivity index (χ0v) is 26.2. The number of hydrogen-bond donors (Lipinski definition) is 2. The second kappa shape index (κ2) is 22.6. The summed E-state index contributed by atoms with van der Waals surface area (Å²) in [6.07, 6.45) is 36.3. The van der Waals surface area contributed by atoms with Crippen molar-refractivity contribution in [1.82, 2.24) is 0 Å². The molecule has 226 valence electrons. The van der Waals surface area contributed by atoms with E-state index in [1.54, 1.807) is 19.3 Å². The zero-order chi connectivity index (χ0) is 27.3. The van der Waals surface area contributed by atoms with E-state index in [1.807, 2.05) is 0 Å². The van der Waals surface area contributed by atoms with Gasteiger partial charge < -0.3 is 10.2 Å². The van der Waals surface area contributed by atoms with E-state index in [1.165, 1.54) is 135 Å². The van der Waals surface area contributed by atoms with Crippen LogP contribution in [-0.2, 0) is 0 Å². The molecule has 2 N–H and O–H groups in total. The maximum atomic E-state index is 9.06. The normalized spacial score (nSPS) is 27.5. The molecular weight excluding hydrogens is 464 g/mol. The molecule has 6 atom stereocenters. The van der Waals surface area contributed by atoms with Gasteiger partial charge >= 0.3 is 0 Å². The van der Waals surface area contributed by atoms with Gasteiger partial charge in [-0.2, -0.15) is 0 Å². The molecule has 0 aromatic heterocycles. The van der Waals surface area contributed by atoms with Crippen molar-refractivity contribution in [1.29, 1.82) is 0 Å². The Morgan fingerprint density at radius 1 is 0.447 bits per heavy atom. The van der Waals surface area contributed by atoms with E-state index in [4.69, 9.17) is 10.2 Å². The molecule has 0 saturated heterocycles. The molecule has 0 aromatic rings. The highest BCUT2D eigenvalue weighted by Gasteiger charge is 2.44. The maximum absolute atomic E-state index is 9.06. The lowest BCUT2D eigenvalue weighted by Gasteiger charge is -2.51. The molecule has 0 heterocycles. The third kappa shape index (κ3) is 13.5. The largest absolute Gasteiger partial charge is 0.396 e. The lowest BCUT2D eigenvalue weighted by atomic mass is 9.54. The van der Waals surface area contributed by atoms with Crippen LogP contribution in [0.2, 0.25) is 0 Å². The third-order valence-electron chi connectivity index (χ3n) is 10.8. The lowest BCUT2D eigenvalue weighted by molar-refractivity contribution is -0.00855. The van der Waals surface area contributed by atoms with Gasteiger partial charge in [0.15, 0.2) is 0 Å². The van der Waals surface area contributed by atoms with Gasteiger partial charge in [-0.05, 0) is 80.5 Å². The van der Waals surface area contributed by atoms with Crippen molar-refractivity contribution in [2.75, 3.05) is 13.2 Å². The van der Waals surface area contributed by atoms with Crippen molar-refractivity contribution < 1.29 is 10.2 Å². The van der Waals surface area contributed by atoms with Crippen molar-refractivity contribution in [2.45, 2.75) is 181 Å². The van der Waals surface area contributed by atoms with Crippen LogP contribution in [0.5, 0.6) is 0 Å². The van der Waals surface area contributed by atoms with E-state index in [9.17, 15) is 0 Å². The molecule has 2 nitrogen and oxygen atoms in total. The topological polar surface area (TPSA) is 40.5 Å². The first kappa shape index (κ1) is 34.1. The molecule has 0 spiro atoms. The molecule has 38 heavy (non-hydrogen) atoms. The third-order valence-corrected chi connectivity index (χ3v) is 10.8. The van der Waals surface area contributed by atoms with Crippen molar-refractivity contribution in [3.63, 3.8) is 0 Å². The average molecular weight is 535 g/mol. The summed E-state index contributed by atoms with van der Waals surface area (Å²) >= 11 is 0. The van der Waals surface area contributed by atoms with Crippen LogP contribution in [0.1, 0.15) is 181 Å². The highest BCUT2D eigenvalue weighted by molar-refractivity contribution is 4.94. The number of unbranched alkanes of at least 4 members (excludes halogenated alkanes) is 14. The van der Waals surface area contributed by atoms with Gasteiger partial charge in [-0.1, -0.05) is 136 Å². The fraction of sp³-hybridized carbons (Fsp3) is 1.00. The highest BCUT2D eigenvalue weighted by atomic mass is 16.3. The standard InChI is InChI=1S/C36H70O2/c1-3-5-7-18-24-35-31(21-6-4-2)25-26-34-29-32(22-16-12-8-10-14-19-27-37)33(30-36(34)35)23-17-13-9-11-15-20-28-38/h31-38H,3-30H2,1-2H3. The predicted octanol–water partition coefficient (Wildman–Crippen LogP) is 10.9. The first-order chi connectivity index (χ1) is 18.7. The molecule has 2 aliphatic rings. The van der Waals surface area contributed by atoms with E-state index in [-0.39, 0.29) is 0 Å². The molecule has 2 fully saturated rings. The average Bonchev–Trinajstić information content (AvgIpc) is 2.93. The molecule has 0 amide bonds. The van der Waals surface area contributed by atoms with E-state index in [0.717, 1.165) is 48.3 Å². The first-order valence-corrected chi connectivity index (χ1v) is 18.0. The van der Waals surface area contributed by atoms with Crippen LogP contribution in [0.4, 0.5) is 0 Å². The van der Waals surface area contributed by atoms with E-state index >= 15 is 0 Å². The second-order valence-electron chi connectivity index (χ2n) is 13.7. The number of aliphatic hydroxyl groups excluding tert-OH is 2. The number of aliphatic hydroxyl groups is 2. The monoisotopic (exact) mass is 535 g/mol. The Bertz CT molecular complexity index is 519. The summed E-state index contributed by atoms with van der Waals surface area (Å²) in [6, 6.07) is 0. The number of hydrogen-bond acceptors (Lipinski definition) is 2. The Kier molecular flexibility index (Phi) is 20.3. The summed E-state index contributed by atoms with van der Waals surface area (Å²) in [5, 5.41) is 18.1. The van der Waals surface area contributed by atoms with E-state index in [0.29, 0.717) is 13.2 Å². The van der Waals surface area contributed by atoms with Gasteiger partial charge in [0.05, 0.1) is 0 Å². The van der Waals surface area contributed by atoms with Gasteiger partial charge in [0.1, 0.15) is 0 Å². The first-order valence-electron chi connectivity index (χ1n) is 18.0. The SMILES string of the molecule is CCCCCCC1C(CCCC)CCC2CC(CCCCCCCCO)C(CCCCCCCCO)CC21. The lowest BCUT2D eigenvalue weighted by Crippen LogP contribution is -2.42. The molecule has 2 heteroatoms. The van der Waals surface area contributed by atoms with Crippen molar-refractivity contribution >= 4 is 0 Å². The van der Waals surface area contributed by atoms with Gasteiger partial charge in [0.25, 0.3) is 0 Å². The van der Waals surface area contributed by atoms with E-state index < -0.39 is 0 Å². The molecule has 0 radical (unpaired) electrons. The van der Waals surface area contributed by atoms with Crippen LogP contribution in [0, 0.1) is 35.5 Å². The maximum Gasteiger partial charge on any atom is 0.0431 e. The molecule has 0 aromatic carbocycles. The summed E-state index contributed by atoms with van der Waals surface area (Å²) in [6.45, 7) is 5.48. The van der Waals surface area contributed by atoms with Gasteiger partial charge in [-0.25, -0.2) is 0 Å². The fourth-order valence-electron chi connectivity index (χ4n) is 8.58.